The van der Waals surface area contributed by atoms with Crippen molar-refractivity contribution >= 4 is 0 Å². The van der Waals surface area contributed by atoms with Gasteiger partial charge in [0.05, 0.1) is 0 Å². The molecule has 0 aromatic rings. The fourth-order valence-corrected chi connectivity index (χ4v) is 2.68. The van der Waals surface area contributed by atoms with E-state index < -0.39 is 27.3 Å². The van der Waals surface area contributed by atoms with Gasteiger partial charge in [0.15, 0.2) is 0 Å². The molecule has 1 aliphatic rings. The van der Waals surface area contributed by atoms with Crippen molar-refractivity contribution in [3.63, 3.8) is 0 Å². The molecule has 0 aromatic heterocycles. The van der Waals surface area contributed by atoms with Gasteiger partial charge in [-0.1, -0.05) is 19.3 Å². The smallest absolute Gasteiger partial charge is 0.263 e. The fraction of sp³-hybridized carbons (Fsp3) is 0.800. The summed E-state index contributed by atoms with van der Waals surface area (Å²) in [5.74, 6) is 0. The summed E-state index contributed by atoms with van der Waals surface area (Å²) >= 11 is 0. The van der Waals surface area contributed by atoms with Crippen LogP contribution in [0.1, 0.15) is 32.1 Å². The Morgan fingerprint density at radius 1 is 0.944 bits per heavy atom. The molecule has 18 heavy (non-hydrogen) atoms. The van der Waals surface area contributed by atoms with Gasteiger partial charge in [-0.15, -0.1) is 0 Å². The van der Waals surface area contributed by atoms with Gasteiger partial charge in [0.25, 0.3) is 0 Å². The fourth-order valence-electron chi connectivity index (χ4n) is 2.68. The predicted molar refractivity (Wildman–Crippen MR) is 58.3 cm³/mol. The van der Waals surface area contributed by atoms with Crippen molar-refractivity contribution in [1.82, 2.24) is 0 Å². The first-order valence-corrected chi connectivity index (χ1v) is 5.56. The summed E-state index contributed by atoms with van der Waals surface area (Å²) in [4.78, 5) is 20.2. The van der Waals surface area contributed by atoms with Crippen LogP contribution in [0.15, 0.2) is 0 Å². The molecule has 0 saturated heterocycles. The van der Waals surface area contributed by atoms with E-state index in [1.165, 1.54) is 12.1 Å². The quantitative estimate of drug-likeness (QED) is 0.546. The molecule has 0 N–H and O–H groups in total. The highest BCUT2D eigenvalue weighted by Gasteiger charge is 2.59. The van der Waals surface area contributed by atoms with Gasteiger partial charge in [-0.2, -0.15) is 10.5 Å². The minimum atomic E-state index is -1.70. The Morgan fingerprint density at radius 2 is 1.33 bits per heavy atom. The monoisotopic (exact) mass is 252 g/mol. The second-order valence-corrected chi connectivity index (χ2v) is 4.43. The summed E-state index contributed by atoms with van der Waals surface area (Å²) in [6.45, 7) is 0. The zero-order valence-electron chi connectivity index (χ0n) is 9.61. The lowest BCUT2D eigenvalue weighted by Crippen LogP contribution is -2.52. The van der Waals surface area contributed by atoms with Gasteiger partial charge in [0, 0.05) is 9.85 Å². The number of nitriles is 2. The second kappa shape index (κ2) is 5.41. The van der Waals surface area contributed by atoms with Crippen LogP contribution < -0.4 is 0 Å². The number of rotatable bonds is 4. The summed E-state index contributed by atoms with van der Waals surface area (Å²) in [6, 6.07) is -0.348. The van der Waals surface area contributed by atoms with Crippen LogP contribution in [0.2, 0.25) is 0 Å². The van der Waals surface area contributed by atoms with E-state index in [1.54, 1.807) is 0 Å². The minimum absolute atomic E-state index is 0.172. The lowest BCUT2D eigenvalue weighted by atomic mass is 9.65. The summed E-state index contributed by atoms with van der Waals surface area (Å²) in [7, 11) is 0. The number of nitrogens with zero attached hydrogens (tertiary/aromatic N) is 4. The zero-order valence-corrected chi connectivity index (χ0v) is 9.61. The third-order valence-electron chi connectivity index (χ3n) is 3.54. The molecule has 2 atom stereocenters. The number of nitro groups is 2. The summed E-state index contributed by atoms with van der Waals surface area (Å²) in [5.41, 5.74) is -1.46. The minimum Gasteiger partial charge on any atom is -0.263 e. The predicted octanol–water partition coefficient (Wildman–Crippen LogP) is 1.27. The Bertz CT molecular complexity index is 396. The van der Waals surface area contributed by atoms with Crippen LogP contribution in [0.4, 0.5) is 0 Å². The summed E-state index contributed by atoms with van der Waals surface area (Å²) < 4.78 is 0. The van der Waals surface area contributed by atoms with E-state index in [4.69, 9.17) is 10.5 Å². The maximum Gasteiger partial charge on any atom is 0.309 e. The third kappa shape index (κ3) is 2.23. The Labute approximate surface area is 103 Å². The Morgan fingerprint density at radius 3 is 1.61 bits per heavy atom. The van der Waals surface area contributed by atoms with Gasteiger partial charge >= 0.3 is 12.1 Å². The standard InChI is InChI=1S/C10H12N4O4/c11-6-8(13(15)16)10(4-2-1-3-5-10)9(7-12)14(17)18/h8-9H,1-5H2/t8-,9-/m1/s1. The number of hydrogen-bond donors (Lipinski definition) is 0. The van der Waals surface area contributed by atoms with Crippen LogP contribution in [0.25, 0.3) is 0 Å². The molecule has 96 valence electrons. The van der Waals surface area contributed by atoms with Gasteiger partial charge in [-0.05, 0) is 12.8 Å². The van der Waals surface area contributed by atoms with E-state index in [2.05, 4.69) is 0 Å². The largest absolute Gasteiger partial charge is 0.309 e. The van der Waals surface area contributed by atoms with Crippen LogP contribution in [0, 0.1) is 48.3 Å². The molecule has 1 rings (SSSR count). The van der Waals surface area contributed by atoms with Crippen molar-refractivity contribution in [2.45, 2.75) is 44.2 Å². The SMILES string of the molecule is N#C[C@@H]([N+](=O)[O-])C1([C@@H](C#N)[N+](=O)[O-])CCCCC1. The Hall–Kier alpha value is -2.22. The molecule has 0 unspecified atom stereocenters. The first-order chi connectivity index (χ1) is 8.49. The first kappa shape index (κ1) is 13.8. The van der Waals surface area contributed by atoms with E-state index in [0.717, 1.165) is 6.42 Å². The molecule has 1 saturated carbocycles. The van der Waals surface area contributed by atoms with Gasteiger partial charge < -0.3 is 0 Å². The lowest BCUT2D eigenvalue weighted by molar-refractivity contribution is -0.576. The molecule has 1 fully saturated rings. The molecule has 8 nitrogen and oxygen atoms in total. The Balaban J connectivity index is 3.25. The van der Waals surface area contributed by atoms with Gasteiger partial charge in [-0.25, -0.2) is 0 Å². The van der Waals surface area contributed by atoms with E-state index in [1.807, 2.05) is 0 Å². The Kier molecular flexibility index (Phi) is 4.16. The van der Waals surface area contributed by atoms with Crippen molar-refractivity contribution in [3.8, 4) is 12.1 Å². The molecule has 8 heteroatoms. The molecule has 0 amide bonds. The average molecular weight is 252 g/mol. The second-order valence-electron chi connectivity index (χ2n) is 4.43. The van der Waals surface area contributed by atoms with E-state index in [0.29, 0.717) is 12.8 Å². The third-order valence-corrected chi connectivity index (χ3v) is 3.54. The molecule has 0 aromatic carbocycles. The van der Waals surface area contributed by atoms with Crippen LogP contribution in [-0.2, 0) is 0 Å². The molecule has 0 aliphatic heterocycles. The van der Waals surface area contributed by atoms with Gasteiger partial charge in [0.2, 0.25) is 0 Å². The van der Waals surface area contributed by atoms with Gasteiger partial charge in [-0.3, -0.25) is 20.2 Å². The number of hydrogen-bond acceptors (Lipinski definition) is 6. The topological polar surface area (TPSA) is 134 Å². The lowest BCUT2D eigenvalue weighted by Gasteiger charge is -2.34. The highest BCUT2D eigenvalue weighted by Crippen LogP contribution is 2.44. The average Bonchev–Trinajstić information content (AvgIpc) is 2.30. The maximum atomic E-state index is 10.9. The highest BCUT2D eigenvalue weighted by molar-refractivity contribution is 5.10. The molecule has 0 heterocycles. The normalized spacial score (nSPS) is 21.0. The van der Waals surface area contributed by atoms with Gasteiger partial charge in [0.1, 0.15) is 17.6 Å². The molecule has 0 spiro atoms. The highest BCUT2D eigenvalue weighted by atomic mass is 16.6. The van der Waals surface area contributed by atoms with Crippen molar-refractivity contribution in [3.05, 3.63) is 20.2 Å². The zero-order chi connectivity index (χ0) is 13.8. The first-order valence-electron chi connectivity index (χ1n) is 5.56. The molecular weight excluding hydrogens is 240 g/mol. The van der Waals surface area contributed by atoms with Crippen molar-refractivity contribution in [1.29, 1.82) is 10.5 Å². The van der Waals surface area contributed by atoms with Crippen molar-refractivity contribution in [2.75, 3.05) is 0 Å². The maximum absolute atomic E-state index is 10.9. The van der Waals surface area contributed by atoms with Crippen molar-refractivity contribution in [2.24, 2.45) is 5.41 Å². The molecular formula is C10H12N4O4. The van der Waals surface area contributed by atoms with E-state index >= 15 is 0 Å². The van der Waals surface area contributed by atoms with Crippen LogP contribution in [0.5, 0.6) is 0 Å². The molecule has 1 aliphatic carbocycles. The molecule has 0 bridgehead atoms. The van der Waals surface area contributed by atoms with E-state index in [-0.39, 0.29) is 12.8 Å². The van der Waals surface area contributed by atoms with E-state index in [9.17, 15) is 20.2 Å². The van der Waals surface area contributed by atoms with Crippen LogP contribution in [0.3, 0.4) is 0 Å². The van der Waals surface area contributed by atoms with Crippen LogP contribution in [-0.4, -0.2) is 21.9 Å². The summed E-state index contributed by atoms with van der Waals surface area (Å²) in [5, 5.41) is 39.7. The summed E-state index contributed by atoms with van der Waals surface area (Å²) in [6.07, 6.45) is 2.29. The van der Waals surface area contributed by atoms with Crippen molar-refractivity contribution < 1.29 is 9.85 Å². The molecule has 0 radical (unpaired) electrons. The van der Waals surface area contributed by atoms with Crippen LogP contribution >= 0.6 is 0 Å².